The molecule has 5 heteroatoms. The number of halogens is 2. The Morgan fingerprint density at radius 1 is 1.42 bits per heavy atom. The van der Waals surface area contributed by atoms with Gasteiger partial charge in [-0.25, -0.2) is 4.39 Å². The topological polar surface area (TPSA) is 55.1 Å². The average Bonchev–Trinajstić information content (AvgIpc) is 2.42. The minimum atomic E-state index is -0.553. The molecular formula is C14H20BrFN2O. The van der Waals surface area contributed by atoms with E-state index in [1.165, 1.54) is 6.07 Å². The molecule has 0 saturated heterocycles. The van der Waals surface area contributed by atoms with E-state index in [2.05, 4.69) is 21.2 Å². The Morgan fingerprint density at radius 3 is 2.58 bits per heavy atom. The van der Waals surface area contributed by atoms with Gasteiger partial charge in [-0.2, -0.15) is 0 Å². The summed E-state index contributed by atoms with van der Waals surface area (Å²) < 4.78 is 14.4. The Balaban J connectivity index is 2.75. The maximum absolute atomic E-state index is 13.6. The van der Waals surface area contributed by atoms with Gasteiger partial charge in [0.15, 0.2) is 0 Å². The normalized spacial score (nSPS) is 11.4. The molecule has 0 aliphatic carbocycles. The molecule has 1 aromatic rings. The Labute approximate surface area is 121 Å². The molecule has 0 atom stereocenters. The summed E-state index contributed by atoms with van der Waals surface area (Å²) in [4.78, 5) is 12.2. The monoisotopic (exact) mass is 330 g/mol. The largest absolute Gasteiger partial charge is 0.351 e. The SMILES string of the molecule is CCC(CC)(CN)C(=O)NCc1cc(Br)ccc1F. The maximum atomic E-state index is 13.6. The fourth-order valence-electron chi connectivity index (χ4n) is 1.99. The predicted molar refractivity (Wildman–Crippen MR) is 78.0 cm³/mol. The summed E-state index contributed by atoms with van der Waals surface area (Å²) in [5.41, 5.74) is 5.62. The van der Waals surface area contributed by atoms with Gasteiger partial charge in [0.25, 0.3) is 0 Å². The highest BCUT2D eigenvalue weighted by atomic mass is 79.9. The lowest BCUT2D eigenvalue weighted by Gasteiger charge is -2.28. The summed E-state index contributed by atoms with van der Waals surface area (Å²) in [6, 6.07) is 4.67. The zero-order valence-electron chi connectivity index (χ0n) is 11.3. The molecule has 106 valence electrons. The van der Waals surface area contributed by atoms with Crippen LogP contribution in [-0.4, -0.2) is 12.5 Å². The first-order valence-electron chi connectivity index (χ1n) is 6.41. The van der Waals surface area contributed by atoms with E-state index in [1.54, 1.807) is 12.1 Å². The molecule has 0 fully saturated rings. The molecule has 0 heterocycles. The van der Waals surface area contributed by atoms with Gasteiger partial charge >= 0.3 is 0 Å². The maximum Gasteiger partial charge on any atom is 0.227 e. The number of hydrogen-bond donors (Lipinski definition) is 2. The van der Waals surface area contributed by atoms with Gasteiger partial charge in [0.05, 0.1) is 5.41 Å². The zero-order valence-corrected chi connectivity index (χ0v) is 12.9. The summed E-state index contributed by atoms with van der Waals surface area (Å²) in [5.74, 6) is -0.436. The van der Waals surface area contributed by atoms with Crippen molar-refractivity contribution in [3.05, 3.63) is 34.1 Å². The molecule has 0 unspecified atom stereocenters. The van der Waals surface area contributed by atoms with Crippen LogP contribution < -0.4 is 11.1 Å². The van der Waals surface area contributed by atoms with E-state index in [1.807, 2.05) is 13.8 Å². The average molecular weight is 331 g/mol. The van der Waals surface area contributed by atoms with E-state index >= 15 is 0 Å². The first-order valence-corrected chi connectivity index (χ1v) is 7.20. The highest BCUT2D eigenvalue weighted by Gasteiger charge is 2.33. The van der Waals surface area contributed by atoms with E-state index in [4.69, 9.17) is 5.73 Å². The van der Waals surface area contributed by atoms with Crippen LogP contribution in [0.1, 0.15) is 32.3 Å². The first kappa shape index (κ1) is 16.1. The van der Waals surface area contributed by atoms with Crippen LogP contribution in [0.5, 0.6) is 0 Å². The Bertz CT molecular complexity index is 439. The third kappa shape index (κ3) is 3.76. The molecule has 1 aromatic carbocycles. The van der Waals surface area contributed by atoms with Gasteiger partial charge in [-0.3, -0.25) is 4.79 Å². The summed E-state index contributed by atoms with van der Waals surface area (Å²) in [6.07, 6.45) is 1.35. The molecule has 3 N–H and O–H groups in total. The van der Waals surface area contributed by atoms with Crippen LogP contribution in [0.15, 0.2) is 22.7 Å². The quantitative estimate of drug-likeness (QED) is 0.842. The highest BCUT2D eigenvalue weighted by Crippen LogP contribution is 2.25. The van der Waals surface area contributed by atoms with E-state index in [0.29, 0.717) is 24.9 Å². The van der Waals surface area contributed by atoms with Crippen molar-refractivity contribution < 1.29 is 9.18 Å². The molecular weight excluding hydrogens is 311 g/mol. The van der Waals surface area contributed by atoms with Crippen molar-refractivity contribution >= 4 is 21.8 Å². The van der Waals surface area contributed by atoms with Crippen molar-refractivity contribution in [3.8, 4) is 0 Å². The van der Waals surface area contributed by atoms with E-state index < -0.39 is 5.41 Å². The summed E-state index contributed by atoms with van der Waals surface area (Å²) in [7, 11) is 0. The molecule has 1 rings (SSSR count). The van der Waals surface area contributed by atoms with Gasteiger partial charge in [-0.05, 0) is 31.0 Å². The van der Waals surface area contributed by atoms with Crippen LogP contribution in [0.25, 0.3) is 0 Å². The summed E-state index contributed by atoms with van der Waals surface area (Å²) in [6.45, 7) is 4.35. The van der Waals surface area contributed by atoms with Gasteiger partial charge in [-0.15, -0.1) is 0 Å². The summed E-state index contributed by atoms with van der Waals surface area (Å²) >= 11 is 3.28. The number of carbonyl (C=O) groups excluding carboxylic acids is 1. The second-order valence-electron chi connectivity index (χ2n) is 4.61. The predicted octanol–water partition coefficient (Wildman–Crippen LogP) is 2.97. The van der Waals surface area contributed by atoms with Crippen molar-refractivity contribution in [2.75, 3.05) is 6.54 Å². The minimum Gasteiger partial charge on any atom is -0.351 e. The van der Waals surface area contributed by atoms with Gasteiger partial charge in [0.2, 0.25) is 5.91 Å². The molecule has 0 aliphatic heterocycles. The fraction of sp³-hybridized carbons (Fsp3) is 0.500. The van der Waals surface area contributed by atoms with E-state index in [0.717, 1.165) is 4.47 Å². The van der Waals surface area contributed by atoms with Gasteiger partial charge in [0.1, 0.15) is 5.82 Å². The lowest BCUT2D eigenvalue weighted by atomic mass is 9.81. The molecule has 19 heavy (non-hydrogen) atoms. The van der Waals surface area contributed by atoms with Crippen molar-refractivity contribution in [1.29, 1.82) is 0 Å². The van der Waals surface area contributed by atoms with Crippen molar-refractivity contribution in [1.82, 2.24) is 5.32 Å². The Kier molecular flexibility index (Phi) is 5.94. The molecule has 0 bridgehead atoms. The molecule has 0 radical (unpaired) electrons. The van der Waals surface area contributed by atoms with Crippen LogP contribution in [0, 0.1) is 11.2 Å². The number of rotatable bonds is 6. The lowest BCUT2D eigenvalue weighted by molar-refractivity contribution is -0.131. The van der Waals surface area contributed by atoms with Gasteiger partial charge < -0.3 is 11.1 Å². The van der Waals surface area contributed by atoms with Crippen molar-refractivity contribution in [3.63, 3.8) is 0 Å². The number of nitrogens with one attached hydrogen (secondary N) is 1. The van der Waals surface area contributed by atoms with Crippen LogP contribution in [0.2, 0.25) is 0 Å². The molecule has 1 amide bonds. The molecule has 0 spiro atoms. The second-order valence-corrected chi connectivity index (χ2v) is 5.53. The first-order chi connectivity index (χ1) is 8.99. The third-order valence-electron chi connectivity index (χ3n) is 3.67. The second kappa shape index (κ2) is 7.01. The number of carbonyl (C=O) groups is 1. The summed E-state index contributed by atoms with van der Waals surface area (Å²) in [5, 5.41) is 2.78. The van der Waals surface area contributed by atoms with Crippen LogP contribution in [0.3, 0.4) is 0 Å². The molecule has 0 saturated carbocycles. The smallest absolute Gasteiger partial charge is 0.227 e. The third-order valence-corrected chi connectivity index (χ3v) is 4.17. The molecule has 3 nitrogen and oxygen atoms in total. The Hall–Kier alpha value is -0.940. The van der Waals surface area contributed by atoms with Crippen LogP contribution >= 0.6 is 15.9 Å². The number of hydrogen-bond acceptors (Lipinski definition) is 2. The van der Waals surface area contributed by atoms with Crippen molar-refractivity contribution in [2.24, 2.45) is 11.1 Å². The number of amides is 1. The number of nitrogens with two attached hydrogens (primary N) is 1. The van der Waals surface area contributed by atoms with E-state index in [-0.39, 0.29) is 18.3 Å². The zero-order chi connectivity index (χ0) is 14.5. The van der Waals surface area contributed by atoms with Gasteiger partial charge in [-0.1, -0.05) is 29.8 Å². The highest BCUT2D eigenvalue weighted by molar-refractivity contribution is 9.10. The lowest BCUT2D eigenvalue weighted by Crippen LogP contribution is -2.45. The van der Waals surface area contributed by atoms with Crippen molar-refractivity contribution in [2.45, 2.75) is 33.2 Å². The Morgan fingerprint density at radius 2 is 2.05 bits per heavy atom. The van der Waals surface area contributed by atoms with Gasteiger partial charge in [0, 0.05) is 23.1 Å². The van der Waals surface area contributed by atoms with Crippen LogP contribution in [0.4, 0.5) is 4.39 Å². The molecule has 0 aliphatic rings. The van der Waals surface area contributed by atoms with Crippen LogP contribution in [-0.2, 0) is 11.3 Å². The van der Waals surface area contributed by atoms with E-state index in [9.17, 15) is 9.18 Å². The minimum absolute atomic E-state index is 0.112. The standard InChI is InChI=1S/C14H20BrFN2O/c1-3-14(4-2,9-17)13(19)18-8-10-7-11(15)5-6-12(10)16/h5-7H,3-4,8-9,17H2,1-2H3,(H,18,19). The fourth-order valence-corrected chi connectivity index (χ4v) is 2.40. The number of benzene rings is 1. The molecule has 0 aromatic heterocycles.